The number of rotatable bonds is 3. The Morgan fingerprint density at radius 3 is 3.07 bits per heavy atom. The molecule has 15 heavy (non-hydrogen) atoms. The van der Waals surface area contributed by atoms with Gasteiger partial charge in [0.1, 0.15) is 4.83 Å². The molecule has 0 spiro atoms. The van der Waals surface area contributed by atoms with E-state index in [4.69, 9.17) is 9.47 Å². The lowest BCUT2D eigenvalue weighted by molar-refractivity contribution is -0.213. The van der Waals surface area contributed by atoms with E-state index in [-0.39, 0.29) is 10.6 Å². The molecule has 0 aromatic carbocycles. The minimum absolute atomic E-state index is 0.215. The zero-order chi connectivity index (χ0) is 11.1. The van der Waals surface area contributed by atoms with Crippen molar-refractivity contribution in [2.45, 2.75) is 37.3 Å². The van der Waals surface area contributed by atoms with E-state index in [1.165, 1.54) is 0 Å². The van der Waals surface area contributed by atoms with Gasteiger partial charge < -0.3 is 9.47 Å². The normalized spacial score (nSPS) is 40.1. The first kappa shape index (κ1) is 11.6. The molecular formula is C11H17BrO3. The monoisotopic (exact) mass is 276 g/mol. The Hall–Kier alpha value is 0.0700. The van der Waals surface area contributed by atoms with Gasteiger partial charge in [-0.1, -0.05) is 29.8 Å². The second-order valence-electron chi connectivity index (χ2n) is 4.93. The Balaban J connectivity index is 2.07. The van der Waals surface area contributed by atoms with Gasteiger partial charge in [0, 0.05) is 12.8 Å². The number of carbonyl (C=O) groups is 1. The Morgan fingerprint density at radius 1 is 1.67 bits per heavy atom. The summed E-state index contributed by atoms with van der Waals surface area (Å²) in [4.78, 5) is 11.4. The molecule has 0 amide bonds. The van der Waals surface area contributed by atoms with Gasteiger partial charge in [-0.2, -0.15) is 0 Å². The van der Waals surface area contributed by atoms with Crippen molar-refractivity contribution in [2.75, 3.05) is 13.2 Å². The minimum atomic E-state index is -0.676. The lowest BCUT2D eigenvalue weighted by Gasteiger charge is -2.35. The molecule has 1 aliphatic heterocycles. The van der Waals surface area contributed by atoms with Crippen LogP contribution in [0.5, 0.6) is 0 Å². The summed E-state index contributed by atoms with van der Waals surface area (Å²) >= 11 is 3.41. The summed E-state index contributed by atoms with van der Waals surface area (Å²) in [6.07, 6.45) is 1.48. The van der Waals surface area contributed by atoms with Gasteiger partial charge in [-0.05, 0) is 11.8 Å². The van der Waals surface area contributed by atoms with Gasteiger partial charge >= 0.3 is 0 Å². The molecule has 0 aromatic rings. The van der Waals surface area contributed by atoms with Gasteiger partial charge in [0.05, 0.1) is 13.2 Å². The van der Waals surface area contributed by atoms with Crippen molar-refractivity contribution in [3.05, 3.63) is 0 Å². The molecule has 2 fully saturated rings. The SMILES string of the molecule is CC(C)CO[C@@]12C[C@@H](CO1)CC(=O)[C@H]2Br. The molecule has 2 bridgehead atoms. The van der Waals surface area contributed by atoms with Crippen molar-refractivity contribution in [1.29, 1.82) is 0 Å². The van der Waals surface area contributed by atoms with Crippen LogP contribution in [0.1, 0.15) is 26.7 Å². The highest BCUT2D eigenvalue weighted by Crippen LogP contribution is 2.44. The lowest BCUT2D eigenvalue weighted by atomic mass is 9.87. The van der Waals surface area contributed by atoms with E-state index < -0.39 is 5.79 Å². The molecule has 3 atom stereocenters. The summed E-state index contributed by atoms with van der Waals surface area (Å²) < 4.78 is 11.5. The zero-order valence-electron chi connectivity index (χ0n) is 9.16. The Bertz CT molecular complexity index is 267. The maximum atomic E-state index is 11.7. The first-order valence-corrected chi connectivity index (χ1v) is 6.40. The van der Waals surface area contributed by atoms with Crippen LogP contribution in [-0.4, -0.2) is 29.6 Å². The van der Waals surface area contributed by atoms with Crippen molar-refractivity contribution < 1.29 is 14.3 Å². The third-order valence-electron chi connectivity index (χ3n) is 2.96. The summed E-state index contributed by atoms with van der Waals surface area (Å²) in [6, 6.07) is 0. The third-order valence-corrected chi connectivity index (χ3v) is 4.16. The molecule has 1 aliphatic carbocycles. The molecule has 3 nitrogen and oxygen atoms in total. The van der Waals surface area contributed by atoms with Gasteiger partial charge in [-0.3, -0.25) is 4.79 Å². The van der Waals surface area contributed by atoms with Crippen LogP contribution in [0.3, 0.4) is 0 Å². The van der Waals surface area contributed by atoms with Crippen LogP contribution >= 0.6 is 15.9 Å². The molecule has 2 aliphatic rings. The zero-order valence-corrected chi connectivity index (χ0v) is 10.7. The van der Waals surface area contributed by atoms with Crippen LogP contribution in [0.15, 0.2) is 0 Å². The number of alkyl halides is 1. The van der Waals surface area contributed by atoms with E-state index in [0.717, 1.165) is 6.42 Å². The minimum Gasteiger partial charge on any atom is -0.348 e. The molecule has 2 rings (SSSR count). The van der Waals surface area contributed by atoms with Crippen molar-refractivity contribution >= 4 is 21.7 Å². The average molecular weight is 277 g/mol. The van der Waals surface area contributed by atoms with Crippen molar-refractivity contribution in [2.24, 2.45) is 11.8 Å². The largest absolute Gasteiger partial charge is 0.348 e. The fourth-order valence-electron chi connectivity index (χ4n) is 2.20. The Kier molecular flexibility index (Phi) is 3.20. The van der Waals surface area contributed by atoms with Crippen LogP contribution < -0.4 is 0 Å². The topological polar surface area (TPSA) is 35.5 Å². The van der Waals surface area contributed by atoms with Crippen LogP contribution in [0.2, 0.25) is 0 Å². The highest BCUT2D eigenvalue weighted by atomic mass is 79.9. The number of hydrogen-bond acceptors (Lipinski definition) is 3. The second-order valence-corrected chi connectivity index (χ2v) is 5.85. The summed E-state index contributed by atoms with van der Waals surface area (Å²) in [5.74, 6) is 0.356. The number of carbonyl (C=O) groups excluding carboxylic acids is 1. The van der Waals surface area contributed by atoms with Gasteiger partial charge in [0.15, 0.2) is 11.6 Å². The molecule has 0 unspecified atom stereocenters. The molecule has 0 radical (unpaired) electrons. The van der Waals surface area contributed by atoms with Crippen molar-refractivity contribution in [3.8, 4) is 0 Å². The van der Waals surface area contributed by atoms with E-state index >= 15 is 0 Å². The predicted octanol–water partition coefficient (Wildman–Crippen LogP) is 2.13. The summed E-state index contributed by atoms with van der Waals surface area (Å²) in [5, 5.41) is 0. The van der Waals surface area contributed by atoms with Crippen LogP contribution in [0.25, 0.3) is 0 Å². The molecule has 1 saturated carbocycles. The Morgan fingerprint density at radius 2 is 2.40 bits per heavy atom. The molecule has 0 N–H and O–H groups in total. The van der Waals surface area contributed by atoms with Gasteiger partial charge in [-0.15, -0.1) is 0 Å². The number of fused-ring (bicyclic) bond motifs is 2. The molecule has 0 aromatic heterocycles. The summed E-state index contributed by atoms with van der Waals surface area (Å²) in [6.45, 7) is 5.49. The fraction of sp³-hybridized carbons (Fsp3) is 0.909. The van der Waals surface area contributed by atoms with E-state index in [1.807, 2.05) is 0 Å². The van der Waals surface area contributed by atoms with E-state index in [1.54, 1.807) is 0 Å². The smallest absolute Gasteiger partial charge is 0.188 e. The predicted molar refractivity (Wildman–Crippen MR) is 59.9 cm³/mol. The first-order chi connectivity index (χ1) is 7.03. The van der Waals surface area contributed by atoms with Crippen LogP contribution in [0.4, 0.5) is 0 Å². The maximum Gasteiger partial charge on any atom is 0.188 e. The summed E-state index contributed by atoms with van der Waals surface area (Å²) in [7, 11) is 0. The van der Waals surface area contributed by atoms with Gasteiger partial charge in [0.2, 0.25) is 0 Å². The third kappa shape index (κ3) is 2.12. The Labute approximate surface area is 98.6 Å². The molecule has 1 saturated heterocycles. The number of halogens is 1. The van der Waals surface area contributed by atoms with Gasteiger partial charge in [-0.25, -0.2) is 0 Å². The number of hydrogen-bond donors (Lipinski definition) is 0. The van der Waals surface area contributed by atoms with Gasteiger partial charge in [0.25, 0.3) is 0 Å². The lowest BCUT2D eigenvalue weighted by Crippen LogP contribution is -2.48. The van der Waals surface area contributed by atoms with E-state index in [9.17, 15) is 4.79 Å². The molecule has 86 valence electrons. The molecule has 1 heterocycles. The molecule has 4 heteroatoms. The highest BCUT2D eigenvalue weighted by Gasteiger charge is 2.54. The number of ether oxygens (including phenoxy) is 2. The summed E-state index contributed by atoms with van der Waals surface area (Å²) in [5.41, 5.74) is 0. The van der Waals surface area contributed by atoms with E-state index in [2.05, 4.69) is 29.8 Å². The average Bonchev–Trinajstić information content (AvgIpc) is 2.53. The molecular weight excluding hydrogens is 260 g/mol. The van der Waals surface area contributed by atoms with Crippen LogP contribution in [-0.2, 0) is 14.3 Å². The van der Waals surface area contributed by atoms with E-state index in [0.29, 0.717) is 31.5 Å². The number of Topliss-reactive ketones (excluding diaryl/α,β-unsaturated/α-hetero) is 1. The van der Waals surface area contributed by atoms with Crippen molar-refractivity contribution in [1.82, 2.24) is 0 Å². The standard InChI is InChI=1S/C11H17BrO3/c1-7(2)5-14-11-4-8(6-15-11)3-9(13)10(11)12/h7-8,10H,3-6H2,1-2H3/t8-,10+,11-/m0/s1. The maximum absolute atomic E-state index is 11.7. The second kappa shape index (κ2) is 4.15. The first-order valence-electron chi connectivity index (χ1n) is 5.48. The fourth-order valence-corrected chi connectivity index (χ4v) is 2.84. The highest BCUT2D eigenvalue weighted by molar-refractivity contribution is 9.10. The van der Waals surface area contributed by atoms with Crippen LogP contribution in [0, 0.1) is 11.8 Å². The quantitative estimate of drug-likeness (QED) is 0.741. The number of ketones is 1. The van der Waals surface area contributed by atoms with Crippen molar-refractivity contribution in [3.63, 3.8) is 0 Å².